The number of rotatable bonds is 10. The molecule has 1 heterocycles. The zero-order valence-electron chi connectivity index (χ0n) is 18.0. The van der Waals surface area contributed by atoms with Crippen molar-refractivity contribution in [3.05, 3.63) is 46.2 Å². The lowest BCUT2D eigenvalue weighted by Crippen LogP contribution is -2.35. The van der Waals surface area contributed by atoms with Gasteiger partial charge in [-0.25, -0.2) is 9.37 Å². The zero-order valence-corrected chi connectivity index (χ0v) is 18.8. The third-order valence-corrected chi connectivity index (χ3v) is 5.02. The summed E-state index contributed by atoms with van der Waals surface area (Å²) in [7, 11) is 0. The van der Waals surface area contributed by atoms with Gasteiger partial charge < -0.3 is 15.4 Å². The van der Waals surface area contributed by atoms with E-state index in [0.717, 1.165) is 6.42 Å². The van der Waals surface area contributed by atoms with E-state index in [0.29, 0.717) is 30.4 Å². The number of halogens is 1. The van der Waals surface area contributed by atoms with E-state index < -0.39 is 5.82 Å². The van der Waals surface area contributed by atoms with E-state index in [1.54, 1.807) is 17.5 Å². The third kappa shape index (κ3) is 8.49. The van der Waals surface area contributed by atoms with E-state index in [2.05, 4.69) is 43.3 Å². The first-order valence-electron chi connectivity index (χ1n) is 10.0. The molecule has 2 aromatic rings. The van der Waals surface area contributed by atoms with Gasteiger partial charge in [-0.3, -0.25) is 9.59 Å². The first kappa shape index (κ1) is 23.8. The molecule has 6 nitrogen and oxygen atoms in total. The van der Waals surface area contributed by atoms with Crippen molar-refractivity contribution in [3.8, 4) is 5.75 Å². The SMILES string of the molecule is C[C@H](CC(=O)NCCNC(=O)c1csc(COc2ccccc2F)n1)CC(C)(C)C. The second-order valence-corrected chi connectivity index (χ2v) is 9.47. The highest BCUT2D eigenvalue weighted by Crippen LogP contribution is 2.25. The molecule has 2 rings (SSSR count). The molecule has 2 amide bonds. The highest BCUT2D eigenvalue weighted by atomic mass is 32.1. The summed E-state index contributed by atoms with van der Waals surface area (Å²) in [5.74, 6) is -0.325. The van der Waals surface area contributed by atoms with E-state index in [9.17, 15) is 14.0 Å². The van der Waals surface area contributed by atoms with Gasteiger partial charge in [-0.1, -0.05) is 39.8 Å². The van der Waals surface area contributed by atoms with Crippen LogP contribution in [0.1, 0.15) is 56.0 Å². The number of ether oxygens (including phenoxy) is 1. The first-order chi connectivity index (χ1) is 14.1. The molecular weight excluding hydrogens is 405 g/mol. The molecule has 1 atom stereocenters. The lowest BCUT2D eigenvalue weighted by molar-refractivity contribution is -0.122. The summed E-state index contributed by atoms with van der Waals surface area (Å²) >= 11 is 1.27. The number of nitrogens with one attached hydrogen (secondary N) is 2. The van der Waals surface area contributed by atoms with Crippen LogP contribution in [0.4, 0.5) is 4.39 Å². The molecular formula is C22H30FN3O3S. The molecule has 0 fully saturated rings. The van der Waals surface area contributed by atoms with Gasteiger partial charge in [-0.05, 0) is 29.9 Å². The Bertz CT molecular complexity index is 848. The highest BCUT2D eigenvalue weighted by Gasteiger charge is 2.17. The van der Waals surface area contributed by atoms with Crippen molar-refractivity contribution < 1.29 is 18.7 Å². The van der Waals surface area contributed by atoms with Crippen LogP contribution in [0.25, 0.3) is 0 Å². The summed E-state index contributed by atoms with van der Waals surface area (Å²) in [4.78, 5) is 28.4. The summed E-state index contributed by atoms with van der Waals surface area (Å²) in [6, 6.07) is 6.13. The van der Waals surface area contributed by atoms with Gasteiger partial charge in [0.05, 0.1) is 0 Å². The smallest absolute Gasteiger partial charge is 0.270 e. The molecule has 0 unspecified atom stereocenters. The van der Waals surface area contributed by atoms with Crippen molar-refractivity contribution in [2.24, 2.45) is 11.3 Å². The fourth-order valence-electron chi connectivity index (χ4n) is 3.16. The lowest BCUT2D eigenvalue weighted by atomic mass is 9.84. The summed E-state index contributed by atoms with van der Waals surface area (Å²) < 4.78 is 19.0. The van der Waals surface area contributed by atoms with Crippen molar-refractivity contribution in [2.45, 2.75) is 47.1 Å². The maximum Gasteiger partial charge on any atom is 0.270 e. The van der Waals surface area contributed by atoms with Gasteiger partial charge in [-0.15, -0.1) is 11.3 Å². The predicted octanol–water partition coefficient (Wildman–Crippen LogP) is 4.17. The van der Waals surface area contributed by atoms with Crippen molar-refractivity contribution in [1.82, 2.24) is 15.6 Å². The van der Waals surface area contributed by atoms with Crippen LogP contribution in [0, 0.1) is 17.2 Å². The monoisotopic (exact) mass is 435 g/mol. The first-order valence-corrected chi connectivity index (χ1v) is 10.9. The Morgan fingerprint density at radius 2 is 1.90 bits per heavy atom. The van der Waals surface area contributed by atoms with E-state index >= 15 is 0 Å². The van der Waals surface area contributed by atoms with Crippen molar-refractivity contribution in [2.75, 3.05) is 13.1 Å². The second kappa shape index (κ2) is 11.1. The number of aromatic nitrogens is 1. The summed E-state index contributed by atoms with van der Waals surface area (Å²) in [5, 5.41) is 7.76. The van der Waals surface area contributed by atoms with Crippen molar-refractivity contribution >= 4 is 23.2 Å². The molecule has 0 radical (unpaired) electrons. The Kier molecular flexibility index (Phi) is 8.77. The molecule has 1 aromatic carbocycles. The molecule has 30 heavy (non-hydrogen) atoms. The van der Waals surface area contributed by atoms with E-state index in [-0.39, 0.29) is 35.3 Å². The number of carbonyl (C=O) groups is 2. The van der Waals surface area contributed by atoms with E-state index in [4.69, 9.17) is 4.74 Å². The molecule has 164 valence electrons. The van der Waals surface area contributed by atoms with Crippen LogP contribution in [-0.4, -0.2) is 29.9 Å². The average molecular weight is 436 g/mol. The van der Waals surface area contributed by atoms with Gasteiger partial charge in [-0.2, -0.15) is 0 Å². The van der Waals surface area contributed by atoms with Crippen molar-refractivity contribution in [3.63, 3.8) is 0 Å². The summed E-state index contributed by atoms with van der Waals surface area (Å²) in [6.45, 7) is 9.31. The number of carbonyl (C=O) groups excluding carboxylic acids is 2. The standard InChI is InChI=1S/C22H30FN3O3S/c1-15(12-22(2,3)4)11-19(27)24-9-10-25-21(28)17-14-30-20(26-17)13-29-18-8-6-5-7-16(18)23/h5-8,14-15H,9-13H2,1-4H3,(H,24,27)(H,25,28)/t15-/m1/s1. The number of thiazole rings is 1. The topological polar surface area (TPSA) is 80.3 Å². The number of para-hydroxylation sites is 1. The number of hydrogen-bond acceptors (Lipinski definition) is 5. The van der Waals surface area contributed by atoms with Gasteiger partial charge in [0.15, 0.2) is 11.6 Å². The minimum Gasteiger partial charge on any atom is -0.483 e. The second-order valence-electron chi connectivity index (χ2n) is 8.53. The zero-order chi connectivity index (χ0) is 22.1. The molecule has 1 aromatic heterocycles. The van der Waals surface area contributed by atoms with Gasteiger partial charge in [0.1, 0.15) is 17.3 Å². The third-order valence-electron chi connectivity index (χ3n) is 4.20. The van der Waals surface area contributed by atoms with Gasteiger partial charge in [0.2, 0.25) is 5.91 Å². The van der Waals surface area contributed by atoms with Gasteiger partial charge >= 0.3 is 0 Å². The van der Waals surface area contributed by atoms with E-state index in [1.165, 1.54) is 23.5 Å². The Balaban J connectivity index is 1.68. The molecule has 2 N–H and O–H groups in total. The minimum absolute atomic E-state index is 0.0118. The summed E-state index contributed by atoms with van der Waals surface area (Å²) in [5.41, 5.74) is 0.470. The molecule has 0 saturated carbocycles. The molecule has 0 aliphatic heterocycles. The van der Waals surface area contributed by atoms with Crippen LogP contribution >= 0.6 is 11.3 Å². The Labute approximate surface area is 181 Å². The molecule has 0 aliphatic rings. The molecule has 0 saturated heterocycles. The fraction of sp³-hybridized carbons (Fsp3) is 0.500. The quantitative estimate of drug-likeness (QED) is 0.549. The van der Waals surface area contributed by atoms with Gasteiger partial charge in [0.25, 0.3) is 5.91 Å². The average Bonchev–Trinajstić information content (AvgIpc) is 3.12. The number of amides is 2. The fourth-order valence-corrected chi connectivity index (χ4v) is 3.84. The van der Waals surface area contributed by atoms with Crippen LogP contribution < -0.4 is 15.4 Å². The molecule has 0 bridgehead atoms. The van der Waals surface area contributed by atoms with Crippen molar-refractivity contribution in [1.29, 1.82) is 0 Å². The molecule has 0 aliphatic carbocycles. The lowest BCUT2D eigenvalue weighted by Gasteiger charge is -2.22. The number of nitrogens with zero attached hydrogens (tertiary/aromatic N) is 1. The van der Waals surface area contributed by atoms with Crippen LogP contribution in [0.2, 0.25) is 0 Å². The number of benzene rings is 1. The van der Waals surface area contributed by atoms with E-state index in [1.807, 2.05) is 0 Å². The maximum absolute atomic E-state index is 13.6. The maximum atomic E-state index is 13.6. The molecule has 0 spiro atoms. The predicted molar refractivity (Wildman–Crippen MR) is 116 cm³/mol. The Morgan fingerprint density at radius 1 is 1.20 bits per heavy atom. The number of hydrogen-bond donors (Lipinski definition) is 2. The Hall–Kier alpha value is -2.48. The van der Waals surface area contributed by atoms with Crippen LogP contribution in [-0.2, 0) is 11.4 Å². The van der Waals surface area contributed by atoms with Crippen LogP contribution in [0.5, 0.6) is 5.75 Å². The normalized spacial score (nSPS) is 12.3. The highest BCUT2D eigenvalue weighted by molar-refractivity contribution is 7.09. The minimum atomic E-state index is -0.443. The van der Waals surface area contributed by atoms with Crippen LogP contribution in [0.15, 0.2) is 29.6 Å². The Morgan fingerprint density at radius 3 is 2.60 bits per heavy atom. The largest absolute Gasteiger partial charge is 0.483 e. The molecule has 8 heteroatoms. The summed E-state index contributed by atoms with van der Waals surface area (Å²) in [6.07, 6.45) is 1.45. The van der Waals surface area contributed by atoms with Crippen LogP contribution in [0.3, 0.4) is 0 Å². The van der Waals surface area contributed by atoms with Gasteiger partial charge in [0, 0.05) is 24.9 Å².